The maximum absolute atomic E-state index is 11.8. The predicted molar refractivity (Wildman–Crippen MR) is 82.0 cm³/mol. The minimum atomic E-state index is 0.0397. The summed E-state index contributed by atoms with van der Waals surface area (Å²) in [6.07, 6.45) is 5.48. The van der Waals surface area contributed by atoms with E-state index in [0.717, 1.165) is 24.7 Å². The normalized spacial score (nSPS) is 15.1. The van der Waals surface area contributed by atoms with Crippen LogP contribution in [-0.2, 0) is 9.53 Å². The summed E-state index contributed by atoms with van der Waals surface area (Å²) >= 11 is 0. The predicted octanol–water partition coefficient (Wildman–Crippen LogP) is 0.562. The Balaban J connectivity index is 1.66. The lowest BCUT2D eigenvalue weighted by Gasteiger charge is -2.35. The highest BCUT2D eigenvalue weighted by molar-refractivity contribution is 5.77. The van der Waals surface area contributed by atoms with E-state index < -0.39 is 0 Å². The van der Waals surface area contributed by atoms with E-state index in [1.807, 2.05) is 40.1 Å². The monoisotopic (exact) mass is 301 g/mol. The van der Waals surface area contributed by atoms with Gasteiger partial charge in [0.25, 0.3) is 0 Å². The van der Waals surface area contributed by atoms with E-state index in [9.17, 15) is 4.79 Å². The molecule has 0 aromatic carbocycles. The molecule has 0 aliphatic carbocycles. The zero-order valence-corrected chi connectivity index (χ0v) is 12.6. The number of ether oxygens (including phenoxy) is 1. The van der Waals surface area contributed by atoms with Gasteiger partial charge < -0.3 is 19.1 Å². The number of carbonyl (C=O) groups excluding carboxylic acids is 1. The van der Waals surface area contributed by atoms with Gasteiger partial charge in [-0.1, -0.05) is 0 Å². The number of nitrogens with zero attached hydrogens (tertiary/aromatic N) is 5. The number of anilines is 1. The third kappa shape index (κ3) is 3.09. The van der Waals surface area contributed by atoms with Gasteiger partial charge in [0.2, 0.25) is 5.91 Å². The Hall–Kier alpha value is -2.41. The number of piperazine rings is 1. The van der Waals surface area contributed by atoms with Gasteiger partial charge in [0.15, 0.2) is 0 Å². The maximum atomic E-state index is 11.8. The van der Waals surface area contributed by atoms with E-state index in [4.69, 9.17) is 4.74 Å². The molecule has 2 aromatic rings. The molecule has 0 N–H and O–H groups in total. The van der Waals surface area contributed by atoms with Gasteiger partial charge in [-0.25, -0.2) is 9.97 Å². The molecule has 0 radical (unpaired) electrons. The molecular weight excluding hydrogens is 282 g/mol. The second-order valence-electron chi connectivity index (χ2n) is 5.13. The molecule has 1 aliphatic heterocycles. The number of aromatic nitrogens is 3. The number of hydrogen-bond acceptors (Lipinski definition) is 5. The Morgan fingerprint density at radius 3 is 2.50 bits per heavy atom. The average Bonchev–Trinajstić information content (AvgIpc) is 3.10. The SMILES string of the molecule is COCC(=O)N1CCN(c2cc(-n3cccc3)ncn2)CC1. The third-order valence-corrected chi connectivity index (χ3v) is 3.73. The van der Waals surface area contributed by atoms with E-state index >= 15 is 0 Å². The van der Waals surface area contributed by atoms with Crippen LogP contribution in [0, 0.1) is 0 Å². The van der Waals surface area contributed by atoms with Crippen LogP contribution in [0.2, 0.25) is 0 Å². The highest BCUT2D eigenvalue weighted by Gasteiger charge is 2.21. The second-order valence-corrected chi connectivity index (χ2v) is 5.13. The quantitative estimate of drug-likeness (QED) is 0.826. The molecule has 2 aromatic heterocycles. The van der Waals surface area contributed by atoms with Crippen molar-refractivity contribution in [2.75, 3.05) is 44.8 Å². The second kappa shape index (κ2) is 6.57. The van der Waals surface area contributed by atoms with Gasteiger partial charge in [-0.15, -0.1) is 0 Å². The lowest BCUT2D eigenvalue weighted by Crippen LogP contribution is -2.50. The van der Waals surface area contributed by atoms with E-state index in [1.165, 1.54) is 7.11 Å². The fourth-order valence-electron chi connectivity index (χ4n) is 2.54. The maximum Gasteiger partial charge on any atom is 0.248 e. The Bertz CT molecular complexity index is 621. The zero-order valence-electron chi connectivity index (χ0n) is 12.6. The summed E-state index contributed by atoms with van der Waals surface area (Å²) in [6, 6.07) is 5.89. The molecule has 7 heteroatoms. The number of hydrogen-bond donors (Lipinski definition) is 0. The first kappa shape index (κ1) is 14.5. The van der Waals surface area contributed by atoms with Gasteiger partial charge >= 0.3 is 0 Å². The molecule has 7 nitrogen and oxygen atoms in total. The molecule has 1 fully saturated rings. The van der Waals surface area contributed by atoms with Gasteiger partial charge in [-0.05, 0) is 12.1 Å². The Kier molecular flexibility index (Phi) is 4.34. The summed E-state index contributed by atoms with van der Waals surface area (Å²) in [6.45, 7) is 3.04. The van der Waals surface area contributed by atoms with Crippen LogP contribution in [0.15, 0.2) is 36.9 Å². The first-order valence-corrected chi connectivity index (χ1v) is 7.25. The van der Waals surface area contributed by atoms with E-state index in [-0.39, 0.29) is 12.5 Å². The largest absolute Gasteiger partial charge is 0.375 e. The third-order valence-electron chi connectivity index (χ3n) is 3.73. The number of methoxy groups -OCH3 is 1. The Morgan fingerprint density at radius 1 is 1.14 bits per heavy atom. The van der Waals surface area contributed by atoms with E-state index in [1.54, 1.807) is 6.33 Å². The van der Waals surface area contributed by atoms with Crippen LogP contribution in [-0.4, -0.2) is 65.2 Å². The van der Waals surface area contributed by atoms with Crippen molar-refractivity contribution in [2.45, 2.75) is 0 Å². The molecule has 0 atom stereocenters. The van der Waals surface area contributed by atoms with Gasteiger partial charge in [0.05, 0.1) is 0 Å². The molecular formula is C15H19N5O2. The van der Waals surface area contributed by atoms with Crippen LogP contribution in [0.25, 0.3) is 5.82 Å². The zero-order chi connectivity index (χ0) is 15.4. The van der Waals surface area contributed by atoms with Crippen molar-refractivity contribution in [3.8, 4) is 5.82 Å². The molecule has 0 spiro atoms. The Morgan fingerprint density at radius 2 is 1.82 bits per heavy atom. The smallest absolute Gasteiger partial charge is 0.248 e. The first-order valence-electron chi connectivity index (χ1n) is 7.25. The minimum Gasteiger partial charge on any atom is -0.375 e. The first-order chi connectivity index (χ1) is 10.8. The van der Waals surface area contributed by atoms with Crippen molar-refractivity contribution >= 4 is 11.7 Å². The molecule has 3 rings (SSSR count). The fraction of sp³-hybridized carbons (Fsp3) is 0.400. The highest BCUT2D eigenvalue weighted by Crippen LogP contribution is 2.16. The van der Waals surface area contributed by atoms with Crippen molar-refractivity contribution in [3.63, 3.8) is 0 Å². The number of amides is 1. The van der Waals surface area contributed by atoms with Crippen molar-refractivity contribution in [1.29, 1.82) is 0 Å². The van der Waals surface area contributed by atoms with Crippen LogP contribution in [0.5, 0.6) is 0 Å². The molecule has 1 aliphatic rings. The summed E-state index contributed by atoms with van der Waals surface area (Å²) in [4.78, 5) is 24.4. The summed E-state index contributed by atoms with van der Waals surface area (Å²) in [5.74, 6) is 1.77. The van der Waals surface area contributed by atoms with Crippen LogP contribution < -0.4 is 4.90 Å². The van der Waals surface area contributed by atoms with Gasteiger partial charge in [-0.2, -0.15) is 0 Å². The van der Waals surface area contributed by atoms with Crippen LogP contribution in [0.1, 0.15) is 0 Å². The van der Waals surface area contributed by atoms with Crippen molar-refractivity contribution < 1.29 is 9.53 Å². The average molecular weight is 301 g/mol. The molecule has 116 valence electrons. The molecule has 1 amide bonds. The summed E-state index contributed by atoms with van der Waals surface area (Å²) in [5, 5.41) is 0. The summed E-state index contributed by atoms with van der Waals surface area (Å²) in [7, 11) is 1.54. The van der Waals surface area contributed by atoms with Crippen molar-refractivity contribution in [1.82, 2.24) is 19.4 Å². The topological polar surface area (TPSA) is 63.5 Å². The van der Waals surface area contributed by atoms with E-state index in [0.29, 0.717) is 13.1 Å². The fourth-order valence-corrected chi connectivity index (χ4v) is 2.54. The highest BCUT2D eigenvalue weighted by atomic mass is 16.5. The van der Waals surface area contributed by atoms with E-state index in [2.05, 4.69) is 14.9 Å². The molecule has 1 saturated heterocycles. The molecule has 3 heterocycles. The summed E-state index contributed by atoms with van der Waals surface area (Å²) < 4.78 is 6.85. The minimum absolute atomic E-state index is 0.0397. The van der Waals surface area contributed by atoms with Gasteiger partial charge in [-0.3, -0.25) is 4.79 Å². The summed E-state index contributed by atoms with van der Waals surface area (Å²) in [5.41, 5.74) is 0. The lowest BCUT2D eigenvalue weighted by atomic mass is 10.3. The van der Waals surface area contributed by atoms with Crippen LogP contribution in [0.3, 0.4) is 0 Å². The lowest BCUT2D eigenvalue weighted by molar-refractivity contribution is -0.135. The molecule has 22 heavy (non-hydrogen) atoms. The molecule has 0 bridgehead atoms. The molecule has 0 unspecified atom stereocenters. The standard InChI is InChI=1S/C15H19N5O2/c1-22-11-15(21)20-8-6-19(7-9-20)14-10-13(16-12-17-14)18-4-2-3-5-18/h2-5,10,12H,6-9,11H2,1H3. The number of carbonyl (C=O) groups is 1. The molecule has 0 saturated carbocycles. The van der Waals surface area contributed by atoms with Crippen LogP contribution in [0.4, 0.5) is 5.82 Å². The van der Waals surface area contributed by atoms with Gasteiger partial charge in [0, 0.05) is 51.7 Å². The van der Waals surface area contributed by atoms with Crippen molar-refractivity contribution in [2.24, 2.45) is 0 Å². The Labute approximate surface area is 129 Å². The van der Waals surface area contributed by atoms with Gasteiger partial charge in [0.1, 0.15) is 24.6 Å². The number of rotatable bonds is 4. The van der Waals surface area contributed by atoms with Crippen LogP contribution >= 0.6 is 0 Å². The van der Waals surface area contributed by atoms with Crippen molar-refractivity contribution in [3.05, 3.63) is 36.9 Å².